The molecule has 0 aromatic carbocycles. The van der Waals surface area contributed by atoms with Gasteiger partial charge in [0.2, 0.25) is 0 Å². The first kappa shape index (κ1) is 54.0. The van der Waals surface area contributed by atoms with Crippen LogP contribution in [0.25, 0.3) is 0 Å². The van der Waals surface area contributed by atoms with Crippen molar-refractivity contribution in [2.75, 3.05) is 47.5 Å². The fraction of sp³-hybridized carbons (Fsp3) is 0.729. The Bertz CT molecular complexity index is 1120. The Morgan fingerprint density at radius 2 is 1.04 bits per heavy atom. The Kier molecular flexibility index (Phi) is 37.7. The number of carbonyl (C=O) groups is 3. The number of hydrogen-bond acceptors (Lipinski definition) is 8. The van der Waals surface area contributed by atoms with Crippen LogP contribution in [0.4, 0.5) is 0 Å². The van der Waals surface area contributed by atoms with Crippen molar-refractivity contribution in [3.63, 3.8) is 0 Å². The zero-order chi connectivity index (χ0) is 42.1. The van der Waals surface area contributed by atoms with Gasteiger partial charge in [-0.15, -0.1) is 0 Å². The van der Waals surface area contributed by atoms with E-state index in [-0.39, 0.29) is 38.6 Å². The highest BCUT2D eigenvalue weighted by Crippen LogP contribution is 2.13. The molecule has 0 N–H and O–H groups in total. The average molecular weight is 802 g/mol. The van der Waals surface area contributed by atoms with Crippen LogP contribution in [0.2, 0.25) is 0 Å². The summed E-state index contributed by atoms with van der Waals surface area (Å²) in [5, 5.41) is 11.7. The van der Waals surface area contributed by atoms with Gasteiger partial charge in [-0.1, -0.05) is 152 Å². The fourth-order valence-corrected chi connectivity index (χ4v) is 5.78. The molecule has 0 amide bonds. The molecule has 0 aliphatic carbocycles. The van der Waals surface area contributed by atoms with E-state index in [0.29, 0.717) is 17.4 Å². The number of allylic oxidation sites excluding steroid dienone is 10. The van der Waals surface area contributed by atoms with Gasteiger partial charge < -0.3 is 33.3 Å². The molecule has 0 aromatic rings. The van der Waals surface area contributed by atoms with E-state index in [9.17, 15) is 19.5 Å². The lowest BCUT2D eigenvalue weighted by Gasteiger charge is -2.26. The summed E-state index contributed by atoms with van der Waals surface area (Å²) < 4.78 is 22.4. The molecule has 9 nitrogen and oxygen atoms in total. The van der Waals surface area contributed by atoms with Crippen LogP contribution < -0.4 is 5.11 Å². The lowest BCUT2D eigenvalue weighted by molar-refractivity contribution is -0.870. The number of rotatable bonds is 40. The van der Waals surface area contributed by atoms with Gasteiger partial charge in [-0.05, 0) is 64.2 Å². The number of likely N-dealkylation sites (N-methyl/N-ethyl adjacent to an activating group) is 1. The SMILES string of the molecule is CC/C=C\C/C=C\C/C=C\C/C=C\CCC(=O)OC(COC(=O)CCCCCCCCCCC/C=C\CCCCCCCC)COC(OCC[N+](C)(C)C)C(=O)[O-]. The number of carboxylic acids is 1. The third-order valence-corrected chi connectivity index (χ3v) is 9.26. The molecular weight excluding hydrogens is 719 g/mol. The highest BCUT2D eigenvalue weighted by Gasteiger charge is 2.21. The van der Waals surface area contributed by atoms with Crippen molar-refractivity contribution in [2.24, 2.45) is 0 Å². The first-order chi connectivity index (χ1) is 27.6. The largest absolute Gasteiger partial charge is 0.545 e. The van der Waals surface area contributed by atoms with Crippen LogP contribution >= 0.6 is 0 Å². The van der Waals surface area contributed by atoms with Gasteiger partial charge in [0.1, 0.15) is 13.2 Å². The van der Waals surface area contributed by atoms with Crippen molar-refractivity contribution in [2.45, 2.75) is 180 Å². The van der Waals surface area contributed by atoms with Crippen molar-refractivity contribution >= 4 is 17.9 Å². The highest BCUT2D eigenvalue weighted by atomic mass is 16.7. The van der Waals surface area contributed by atoms with Gasteiger partial charge in [0.05, 0.1) is 40.3 Å². The summed E-state index contributed by atoms with van der Waals surface area (Å²) in [7, 11) is 5.88. The number of esters is 2. The first-order valence-corrected chi connectivity index (χ1v) is 22.4. The number of hydrogen-bond donors (Lipinski definition) is 0. The number of nitrogens with zero attached hydrogens (tertiary/aromatic N) is 1. The van der Waals surface area contributed by atoms with Gasteiger partial charge in [0.15, 0.2) is 12.4 Å². The van der Waals surface area contributed by atoms with Crippen LogP contribution in [0.1, 0.15) is 168 Å². The van der Waals surface area contributed by atoms with E-state index in [1.165, 1.54) is 89.9 Å². The van der Waals surface area contributed by atoms with Crippen molar-refractivity contribution < 1.29 is 42.9 Å². The van der Waals surface area contributed by atoms with Crippen molar-refractivity contribution in [1.29, 1.82) is 0 Å². The van der Waals surface area contributed by atoms with Crippen LogP contribution in [0.15, 0.2) is 60.8 Å². The maximum absolute atomic E-state index is 12.7. The normalized spacial score (nSPS) is 13.5. The van der Waals surface area contributed by atoms with Gasteiger partial charge >= 0.3 is 11.9 Å². The summed E-state index contributed by atoms with van der Waals surface area (Å²) in [5.41, 5.74) is 0. The molecule has 2 unspecified atom stereocenters. The maximum Gasteiger partial charge on any atom is 0.306 e. The van der Waals surface area contributed by atoms with Crippen LogP contribution in [-0.2, 0) is 33.3 Å². The summed E-state index contributed by atoms with van der Waals surface area (Å²) in [6.07, 6.45) is 44.2. The number of carbonyl (C=O) groups excluding carboxylic acids is 3. The number of unbranched alkanes of at least 4 members (excludes halogenated alkanes) is 15. The molecule has 0 spiro atoms. The summed E-state index contributed by atoms with van der Waals surface area (Å²) in [4.78, 5) is 36.9. The minimum atomic E-state index is -1.64. The number of ether oxygens (including phenoxy) is 4. The average Bonchev–Trinajstić information content (AvgIpc) is 3.17. The van der Waals surface area contributed by atoms with Gasteiger partial charge in [0, 0.05) is 12.8 Å². The van der Waals surface area contributed by atoms with E-state index in [1.807, 2.05) is 33.3 Å². The Hall–Kier alpha value is -3.01. The van der Waals surface area contributed by atoms with E-state index >= 15 is 0 Å². The predicted octanol–water partition coefficient (Wildman–Crippen LogP) is 10.4. The molecule has 0 rings (SSSR count). The van der Waals surface area contributed by atoms with E-state index in [0.717, 1.165) is 44.9 Å². The fourth-order valence-electron chi connectivity index (χ4n) is 5.78. The molecule has 57 heavy (non-hydrogen) atoms. The van der Waals surface area contributed by atoms with E-state index < -0.39 is 24.3 Å². The molecule has 0 heterocycles. The molecular formula is C48H83NO8. The Morgan fingerprint density at radius 3 is 1.56 bits per heavy atom. The van der Waals surface area contributed by atoms with E-state index in [4.69, 9.17) is 18.9 Å². The quantitative estimate of drug-likeness (QED) is 0.0198. The minimum absolute atomic E-state index is 0.124. The van der Waals surface area contributed by atoms with Crippen LogP contribution in [-0.4, -0.2) is 82.3 Å². The smallest absolute Gasteiger partial charge is 0.306 e. The third-order valence-electron chi connectivity index (χ3n) is 9.26. The van der Waals surface area contributed by atoms with Gasteiger partial charge in [-0.2, -0.15) is 0 Å². The monoisotopic (exact) mass is 802 g/mol. The molecule has 0 bridgehead atoms. The zero-order valence-corrected chi connectivity index (χ0v) is 36.9. The summed E-state index contributed by atoms with van der Waals surface area (Å²) in [6, 6.07) is 0. The van der Waals surface area contributed by atoms with Crippen LogP contribution in [0.3, 0.4) is 0 Å². The molecule has 9 heteroatoms. The zero-order valence-electron chi connectivity index (χ0n) is 36.9. The summed E-state index contributed by atoms with van der Waals surface area (Å²) in [6.45, 7) is 4.52. The molecule has 0 aliphatic rings. The maximum atomic E-state index is 12.7. The highest BCUT2D eigenvalue weighted by molar-refractivity contribution is 5.70. The molecule has 0 fully saturated rings. The van der Waals surface area contributed by atoms with Gasteiger partial charge in [-0.3, -0.25) is 9.59 Å². The van der Waals surface area contributed by atoms with Crippen LogP contribution in [0, 0.1) is 0 Å². The van der Waals surface area contributed by atoms with E-state index in [2.05, 4.69) is 62.5 Å². The second kappa shape index (κ2) is 39.8. The molecule has 0 aliphatic heterocycles. The van der Waals surface area contributed by atoms with E-state index in [1.54, 1.807) is 0 Å². The summed E-state index contributed by atoms with van der Waals surface area (Å²) >= 11 is 0. The molecule has 328 valence electrons. The Labute approximate surface area is 348 Å². The van der Waals surface area contributed by atoms with Crippen molar-refractivity contribution in [3.05, 3.63) is 60.8 Å². The lowest BCUT2D eigenvalue weighted by Crippen LogP contribution is -2.44. The molecule has 0 radical (unpaired) electrons. The number of aliphatic carboxylic acids is 1. The molecule has 0 saturated carbocycles. The third kappa shape index (κ3) is 41.0. The minimum Gasteiger partial charge on any atom is -0.545 e. The van der Waals surface area contributed by atoms with Gasteiger partial charge in [-0.25, -0.2) is 0 Å². The molecule has 0 saturated heterocycles. The predicted molar refractivity (Wildman–Crippen MR) is 232 cm³/mol. The second-order valence-corrected chi connectivity index (χ2v) is 16.0. The summed E-state index contributed by atoms with van der Waals surface area (Å²) in [5.74, 6) is -2.40. The second-order valence-electron chi connectivity index (χ2n) is 16.0. The molecule has 0 aromatic heterocycles. The topological polar surface area (TPSA) is 111 Å². The van der Waals surface area contributed by atoms with Crippen LogP contribution in [0.5, 0.6) is 0 Å². The number of quaternary nitrogens is 1. The molecule has 2 atom stereocenters. The first-order valence-electron chi connectivity index (χ1n) is 22.4. The van der Waals surface area contributed by atoms with Gasteiger partial charge in [0.25, 0.3) is 0 Å². The Morgan fingerprint density at radius 1 is 0.544 bits per heavy atom. The standard InChI is InChI=1S/C48H83NO8/c1-6-8-10-12-14-16-18-20-21-22-23-24-25-27-28-30-32-34-36-38-45(50)55-42-44(43-56-48(47(52)53)54-41-40-49(3,4)5)57-46(51)39-37-35-33-31-29-26-19-17-15-13-11-9-7-2/h9,11,15,17,20-21,26,29,33,35,44,48H,6-8,10,12-14,16,18-19,22-25,27-28,30-32,34,36-43H2,1-5H3/b11-9-,17-15-,21-20-,29-26-,35-33-. The van der Waals surface area contributed by atoms with Crippen molar-refractivity contribution in [1.82, 2.24) is 0 Å². The number of carboxylic acid groups (broad SMARTS) is 1. The lowest BCUT2D eigenvalue weighted by atomic mass is 10.1. The van der Waals surface area contributed by atoms with Crippen molar-refractivity contribution in [3.8, 4) is 0 Å². The Balaban J connectivity index is 4.47.